The number of likely N-dealkylation sites (N-methyl/N-ethyl adjacent to an activating group) is 2. The lowest BCUT2D eigenvalue weighted by Crippen LogP contribution is -2.23. The maximum atomic E-state index is 3.97. The van der Waals surface area contributed by atoms with Gasteiger partial charge < -0.3 is 9.80 Å². The molecule has 0 saturated heterocycles. The fraction of sp³-hybridized carbons (Fsp3) is 0.229. The third-order valence-electron chi connectivity index (χ3n) is 11.5. The second kappa shape index (κ2) is 12.7. The Labute approximate surface area is 307 Å². The van der Waals surface area contributed by atoms with Crippen LogP contribution in [0.4, 0.5) is 11.4 Å². The molecular weight excluding hydrogens is 637 g/mol. The fourth-order valence-electron chi connectivity index (χ4n) is 8.89. The van der Waals surface area contributed by atoms with Gasteiger partial charge in [-0.1, -0.05) is 113 Å². The zero-order valence-electron chi connectivity index (χ0n) is 30.8. The van der Waals surface area contributed by atoms with Gasteiger partial charge in [0.25, 0.3) is 0 Å². The largest absolute Gasteiger partial charge is 0.347 e. The van der Waals surface area contributed by atoms with Gasteiger partial charge in [0.05, 0.1) is 0 Å². The topological polar surface area (TPSA) is 6.48 Å². The molecule has 1 saturated carbocycles. The second-order valence-electron chi connectivity index (χ2n) is 15.3. The highest BCUT2D eigenvalue weighted by molar-refractivity contribution is 7.79. The Balaban J connectivity index is 1.22. The molecule has 1 aliphatic carbocycles. The number of allylic oxidation sites excluding steroid dienone is 8. The van der Waals surface area contributed by atoms with Gasteiger partial charge in [-0.3, -0.25) is 0 Å². The van der Waals surface area contributed by atoms with Crippen LogP contribution in [0.15, 0.2) is 155 Å². The summed E-state index contributed by atoms with van der Waals surface area (Å²) >= 11 is 1.90. The van der Waals surface area contributed by atoms with E-state index >= 15 is 0 Å². The van der Waals surface area contributed by atoms with E-state index < -0.39 is 0 Å². The van der Waals surface area contributed by atoms with Gasteiger partial charge in [-0.25, -0.2) is 0 Å². The smallest absolute Gasteiger partial charge is 0.237 e. The second-order valence-corrected chi connectivity index (χ2v) is 16.4. The monoisotopic (exact) mass is 683 g/mol. The van der Waals surface area contributed by atoms with Gasteiger partial charge in [0, 0.05) is 71.0 Å². The Hall–Kier alpha value is -4.99. The lowest BCUT2D eigenvalue weighted by atomic mass is 9.80. The van der Waals surface area contributed by atoms with Crippen LogP contribution in [-0.4, -0.2) is 19.0 Å². The normalized spacial score (nSPS) is 21.8. The standard InChI is InChI=1S/C48H47N2S/c1-8-32-20-26-37(27-21-32)51-46-35(24-30-42-47(2,3)44-38-18-11-9-14-33(38)22-28-40(44)49(42)6)16-13-17-36(46)25-31-43-48(4,5)45-39-19-12-10-15-34(39)23-29-41(45)50(43)7/h8-12,14-15,18-31H,1,13,16-17H2,2-7H3/q+1/b35-24+,36-25+,42-30-,43-31+. The molecule has 254 valence electrons. The van der Waals surface area contributed by atoms with Crippen molar-refractivity contribution in [3.8, 4) is 0 Å². The van der Waals surface area contributed by atoms with E-state index in [2.05, 4.69) is 180 Å². The van der Waals surface area contributed by atoms with Crippen LogP contribution in [0.2, 0.25) is 0 Å². The highest BCUT2D eigenvalue weighted by atomic mass is 32.1. The average Bonchev–Trinajstić information content (AvgIpc) is 3.47. The summed E-state index contributed by atoms with van der Waals surface area (Å²) in [4.78, 5) is 7.44. The molecule has 8 rings (SSSR count). The Bertz CT molecular complexity index is 2240. The Morgan fingerprint density at radius 1 is 0.588 bits per heavy atom. The van der Waals surface area contributed by atoms with Gasteiger partial charge in [0.1, 0.15) is 0 Å². The molecule has 0 radical (unpaired) electrons. The summed E-state index contributed by atoms with van der Waals surface area (Å²) in [6.45, 7) is 13.5. The van der Waals surface area contributed by atoms with Gasteiger partial charge >= 0.3 is 0 Å². The van der Waals surface area contributed by atoms with E-state index in [9.17, 15) is 0 Å². The summed E-state index contributed by atoms with van der Waals surface area (Å²) in [6, 6.07) is 35.6. The van der Waals surface area contributed by atoms with E-state index in [-0.39, 0.29) is 10.8 Å². The van der Waals surface area contributed by atoms with Crippen LogP contribution in [0.1, 0.15) is 63.6 Å². The fourth-order valence-corrected chi connectivity index (χ4v) is 10.00. The first kappa shape index (κ1) is 33.2. The van der Waals surface area contributed by atoms with Crippen LogP contribution in [0, 0.1) is 0 Å². The third-order valence-corrected chi connectivity index (χ3v) is 12.7. The van der Waals surface area contributed by atoms with E-state index in [0.717, 1.165) is 24.8 Å². The summed E-state index contributed by atoms with van der Waals surface area (Å²) in [6.07, 6.45) is 14.8. The third kappa shape index (κ3) is 5.50. The van der Waals surface area contributed by atoms with E-state index in [1.54, 1.807) is 0 Å². The summed E-state index contributed by atoms with van der Waals surface area (Å²) in [5.74, 6) is 0. The molecule has 2 aliphatic heterocycles. The van der Waals surface area contributed by atoms with E-state index in [1.165, 1.54) is 76.3 Å². The van der Waals surface area contributed by atoms with Crippen molar-refractivity contribution >= 4 is 55.2 Å². The zero-order chi connectivity index (χ0) is 35.5. The Morgan fingerprint density at radius 3 is 1.53 bits per heavy atom. The van der Waals surface area contributed by atoms with Crippen LogP contribution in [-0.2, 0) is 22.2 Å². The molecule has 3 heteroatoms. The SMILES string of the molecule is C=Cc1ccc([S+]=C2/C(=C/C=C3\N(C)c4ccc5ccccc5c4C3(C)C)CCC/C2=C\C=C2\N(C)c3ccc4ccccc4c3C2(C)C)cc1. The summed E-state index contributed by atoms with van der Waals surface area (Å²) in [5, 5.41) is 5.30. The Morgan fingerprint density at radius 2 is 1.06 bits per heavy atom. The van der Waals surface area contributed by atoms with Gasteiger partial charge in [-0.05, 0) is 93.9 Å². The molecule has 2 heterocycles. The van der Waals surface area contributed by atoms with Crippen molar-refractivity contribution in [3.63, 3.8) is 0 Å². The minimum atomic E-state index is -0.120. The van der Waals surface area contributed by atoms with Crippen LogP contribution >= 0.6 is 0 Å². The molecule has 0 unspecified atom stereocenters. The quantitative estimate of drug-likeness (QED) is 0.106. The van der Waals surface area contributed by atoms with Crippen LogP contribution in [0.5, 0.6) is 0 Å². The molecule has 0 spiro atoms. The molecule has 51 heavy (non-hydrogen) atoms. The highest BCUT2D eigenvalue weighted by Gasteiger charge is 2.41. The Kier molecular flexibility index (Phi) is 8.23. The lowest BCUT2D eigenvalue weighted by molar-refractivity contribution is 0.645. The van der Waals surface area contributed by atoms with Crippen molar-refractivity contribution in [2.75, 3.05) is 23.9 Å². The predicted molar refractivity (Wildman–Crippen MR) is 224 cm³/mol. The minimum absolute atomic E-state index is 0.120. The van der Waals surface area contributed by atoms with Crippen LogP contribution in [0.3, 0.4) is 0 Å². The molecule has 5 aromatic rings. The maximum absolute atomic E-state index is 3.97. The highest BCUT2D eigenvalue weighted by Crippen LogP contribution is 2.51. The molecule has 0 atom stereocenters. The minimum Gasteiger partial charge on any atom is -0.347 e. The lowest BCUT2D eigenvalue weighted by Gasteiger charge is -2.25. The summed E-state index contributed by atoms with van der Waals surface area (Å²) < 4.78 is 0. The maximum Gasteiger partial charge on any atom is 0.237 e. The van der Waals surface area contributed by atoms with E-state index in [1.807, 2.05) is 17.4 Å². The average molecular weight is 684 g/mol. The predicted octanol–water partition coefficient (Wildman–Crippen LogP) is 11.9. The van der Waals surface area contributed by atoms with Crippen LogP contribution in [0.25, 0.3) is 27.6 Å². The van der Waals surface area contributed by atoms with Crippen molar-refractivity contribution in [1.82, 2.24) is 0 Å². The molecule has 0 N–H and O–H groups in total. The number of nitrogens with zero attached hydrogens (tertiary/aromatic N) is 2. The number of hydrogen-bond acceptors (Lipinski definition) is 2. The van der Waals surface area contributed by atoms with Crippen molar-refractivity contribution in [1.29, 1.82) is 0 Å². The van der Waals surface area contributed by atoms with Crippen molar-refractivity contribution in [3.05, 3.63) is 167 Å². The zero-order valence-corrected chi connectivity index (χ0v) is 31.6. The molecule has 0 aromatic heterocycles. The molecular formula is C48H47N2S+. The van der Waals surface area contributed by atoms with Crippen molar-refractivity contribution in [2.24, 2.45) is 0 Å². The van der Waals surface area contributed by atoms with Crippen LogP contribution < -0.4 is 9.80 Å². The molecule has 3 aliphatic rings. The number of benzene rings is 5. The van der Waals surface area contributed by atoms with E-state index in [0.29, 0.717) is 0 Å². The molecule has 0 amide bonds. The van der Waals surface area contributed by atoms with Gasteiger partial charge in [0.2, 0.25) is 21.1 Å². The molecule has 1 fully saturated rings. The van der Waals surface area contributed by atoms with Crippen molar-refractivity contribution < 1.29 is 0 Å². The van der Waals surface area contributed by atoms with E-state index in [4.69, 9.17) is 0 Å². The molecule has 2 nitrogen and oxygen atoms in total. The summed E-state index contributed by atoms with van der Waals surface area (Å²) in [7, 11) is 4.46. The first-order valence-electron chi connectivity index (χ1n) is 18.2. The first-order valence-corrected chi connectivity index (χ1v) is 19.0. The van der Waals surface area contributed by atoms with Gasteiger partial charge in [-0.15, -0.1) is 0 Å². The van der Waals surface area contributed by atoms with Gasteiger partial charge in [-0.2, -0.15) is 0 Å². The number of fused-ring (bicyclic) bond motifs is 6. The molecule has 5 aromatic carbocycles. The summed E-state index contributed by atoms with van der Waals surface area (Å²) in [5.41, 5.74) is 11.8. The van der Waals surface area contributed by atoms with Crippen molar-refractivity contribution in [2.45, 2.75) is 62.7 Å². The molecule has 0 bridgehead atoms. The first-order chi connectivity index (χ1) is 24.6. The number of rotatable bonds is 4. The number of anilines is 2. The number of hydrogen-bond donors (Lipinski definition) is 0. The van der Waals surface area contributed by atoms with Gasteiger partial charge in [0.15, 0.2) is 0 Å².